The summed E-state index contributed by atoms with van der Waals surface area (Å²) in [5.41, 5.74) is 0. The third kappa shape index (κ3) is 0.799. The molecule has 56 valence electrons. The molecule has 1 aliphatic rings. The van der Waals surface area contributed by atoms with E-state index in [1.807, 2.05) is 0 Å². The molecule has 0 aromatic heterocycles. The predicted molar refractivity (Wildman–Crippen MR) is 27.7 cm³/mol. The van der Waals surface area contributed by atoms with Crippen molar-refractivity contribution in [1.29, 1.82) is 0 Å². The van der Waals surface area contributed by atoms with Gasteiger partial charge in [0.25, 0.3) is 5.88 Å². The van der Waals surface area contributed by atoms with Gasteiger partial charge < -0.3 is 20.1 Å². The second-order valence-corrected chi connectivity index (χ2v) is 1.53. The molecule has 0 atom stereocenters. The number of nitrogens with zero attached hydrogens (tertiary/aromatic N) is 1. The standard InChI is InChI=1S/C4H5NO5/c6-2-1-10-4(8)3(7)5(2)9/h1,6-9H. The lowest BCUT2D eigenvalue weighted by Gasteiger charge is -2.17. The van der Waals surface area contributed by atoms with Crippen molar-refractivity contribution in [2.24, 2.45) is 0 Å². The van der Waals surface area contributed by atoms with Crippen LogP contribution in [0.1, 0.15) is 0 Å². The summed E-state index contributed by atoms with van der Waals surface area (Å²) in [6.45, 7) is 0. The zero-order valence-corrected chi connectivity index (χ0v) is 4.72. The highest BCUT2D eigenvalue weighted by Gasteiger charge is 2.21. The van der Waals surface area contributed by atoms with Gasteiger partial charge in [0.2, 0.25) is 0 Å². The van der Waals surface area contributed by atoms with Gasteiger partial charge in [0, 0.05) is 0 Å². The van der Waals surface area contributed by atoms with Crippen molar-refractivity contribution in [3.05, 3.63) is 24.0 Å². The molecule has 0 saturated heterocycles. The molecule has 0 amide bonds. The van der Waals surface area contributed by atoms with E-state index in [9.17, 15) is 0 Å². The molecular weight excluding hydrogens is 142 g/mol. The molecule has 0 aromatic carbocycles. The summed E-state index contributed by atoms with van der Waals surface area (Å²) < 4.78 is 4.14. The van der Waals surface area contributed by atoms with Crippen LogP contribution in [0.4, 0.5) is 0 Å². The maximum absolute atomic E-state index is 8.60. The SMILES string of the molecule is OC1=COC(O)=C(O)N1O. The molecule has 0 aliphatic carbocycles. The smallest absolute Gasteiger partial charge is 0.347 e. The fourth-order valence-corrected chi connectivity index (χ4v) is 0.410. The van der Waals surface area contributed by atoms with E-state index in [0.717, 1.165) is 0 Å². The Bertz CT molecular complexity index is 208. The van der Waals surface area contributed by atoms with Crippen LogP contribution in [0, 0.1) is 0 Å². The first kappa shape index (κ1) is 6.56. The van der Waals surface area contributed by atoms with E-state index in [1.165, 1.54) is 0 Å². The fraction of sp³-hybridized carbons (Fsp3) is 0. The summed E-state index contributed by atoms with van der Waals surface area (Å²) in [6.07, 6.45) is 0.662. The Labute approximate surface area is 55.5 Å². The normalized spacial score (nSPS) is 18.5. The highest BCUT2D eigenvalue weighted by atomic mass is 16.6. The molecule has 1 aliphatic heterocycles. The Morgan fingerprint density at radius 3 is 2.40 bits per heavy atom. The van der Waals surface area contributed by atoms with Gasteiger partial charge in [-0.2, -0.15) is 0 Å². The molecule has 0 bridgehead atoms. The molecule has 0 fully saturated rings. The van der Waals surface area contributed by atoms with Crippen LogP contribution in [-0.2, 0) is 4.74 Å². The Morgan fingerprint density at radius 2 is 1.90 bits per heavy atom. The quantitative estimate of drug-likeness (QED) is 0.394. The molecule has 10 heavy (non-hydrogen) atoms. The highest BCUT2D eigenvalue weighted by Crippen LogP contribution is 2.14. The van der Waals surface area contributed by atoms with Gasteiger partial charge in [0.15, 0.2) is 6.26 Å². The van der Waals surface area contributed by atoms with Crippen molar-refractivity contribution in [1.82, 2.24) is 5.06 Å². The van der Waals surface area contributed by atoms with Crippen molar-refractivity contribution in [2.75, 3.05) is 0 Å². The van der Waals surface area contributed by atoms with Gasteiger partial charge in [-0.1, -0.05) is 0 Å². The lowest BCUT2D eigenvalue weighted by molar-refractivity contribution is -0.122. The summed E-state index contributed by atoms with van der Waals surface area (Å²) >= 11 is 0. The summed E-state index contributed by atoms with van der Waals surface area (Å²) in [5.74, 6) is -2.55. The number of hydrogen-bond acceptors (Lipinski definition) is 6. The molecule has 1 rings (SSSR count). The van der Waals surface area contributed by atoms with E-state index in [0.29, 0.717) is 6.26 Å². The van der Waals surface area contributed by atoms with Crippen molar-refractivity contribution < 1.29 is 25.3 Å². The average Bonchev–Trinajstić information content (AvgIpc) is 1.93. The van der Waals surface area contributed by atoms with Crippen LogP contribution in [0.15, 0.2) is 24.0 Å². The second kappa shape index (κ2) is 1.99. The largest absolute Gasteiger partial charge is 0.491 e. The Balaban J connectivity index is 2.86. The number of aliphatic hydroxyl groups excluding tert-OH is 3. The van der Waals surface area contributed by atoms with E-state index < -0.39 is 17.7 Å². The van der Waals surface area contributed by atoms with Gasteiger partial charge in [0.05, 0.1) is 0 Å². The highest BCUT2D eigenvalue weighted by molar-refractivity contribution is 5.02. The lowest BCUT2D eigenvalue weighted by Crippen LogP contribution is -2.23. The molecule has 0 unspecified atom stereocenters. The third-order valence-corrected chi connectivity index (χ3v) is 0.885. The summed E-state index contributed by atoms with van der Waals surface area (Å²) in [4.78, 5) is 0. The first-order valence-corrected chi connectivity index (χ1v) is 2.30. The van der Waals surface area contributed by atoms with Crippen LogP contribution < -0.4 is 0 Å². The van der Waals surface area contributed by atoms with Gasteiger partial charge in [-0.25, -0.2) is 0 Å². The van der Waals surface area contributed by atoms with Gasteiger partial charge >= 0.3 is 11.8 Å². The summed E-state index contributed by atoms with van der Waals surface area (Å²) in [5, 5.41) is 34.2. The molecule has 6 heteroatoms. The predicted octanol–water partition coefficient (Wildman–Crippen LogP) is 0.307. The topological polar surface area (TPSA) is 93.4 Å². The monoisotopic (exact) mass is 147 g/mol. The first-order chi connectivity index (χ1) is 4.63. The van der Waals surface area contributed by atoms with Gasteiger partial charge in [-0.05, 0) is 0 Å². The molecule has 1 heterocycles. The zero-order chi connectivity index (χ0) is 7.72. The van der Waals surface area contributed by atoms with E-state index in [1.54, 1.807) is 0 Å². The van der Waals surface area contributed by atoms with Crippen LogP contribution >= 0.6 is 0 Å². The van der Waals surface area contributed by atoms with E-state index in [-0.39, 0.29) is 5.06 Å². The minimum Gasteiger partial charge on any atom is -0.491 e. The van der Waals surface area contributed by atoms with E-state index >= 15 is 0 Å². The minimum absolute atomic E-state index is 0.0289. The molecule has 4 N–H and O–H groups in total. The number of ether oxygens (including phenoxy) is 1. The maximum atomic E-state index is 8.60. The third-order valence-electron chi connectivity index (χ3n) is 0.885. The van der Waals surface area contributed by atoms with Gasteiger partial charge in [0.1, 0.15) is 0 Å². The van der Waals surface area contributed by atoms with Crippen LogP contribution in [0.2, 0.25) is 0 Å². The first-order valence-electron chi connectivity index (χ1n) is 2.30. The molecule has 0 radical (unpaired) electrons. The van der Waals surface area contributed by atoms with Crippen LogP contribution in [-0.4, -0.2) is 25.6 Å². The van der Waals surface area contributed by atoms with Crippen molar-refractivity contribution in [3.8, 4) is 0 Å². The van der Waals surface area contributed by atoms with Crippen LogP contribution in [0.3, 0.4) is 0 Å². The molecule has 6 nitrogen and oxygen atoms in total. The fourth-order valence-electron chi connectivity index (χ4n) is 0.410. The maximum Gasteiger partial charge on any atom is 0.347 e. The van der Waals surface area contributed by atoms with E-state index in [4.69, 9.17) is 20.5 Å². The van der Waals surface area contributed by atoms with E-state index in [2.05, 4.69) is 4.74 Å². The summed E-state index contributed by atoms with van der Waals surface area (Å²) in [7, 11) is 0. The van der Waals surface area contributed by atoms with Crippen molar-refractivity contribution in [3.63, 3.8) is 0 Å². The molecular formula is C4H5NO5. The second-order valence-electron chi connectivity index (χ2n) is 1.53. The molecule has 0 spiro atoms. The Morgan fingerprint density at radius 1 is 1.30 bits per heavy atom. The number of hydrogen-bond donors (Lipinski definition) is 4. The van der Waals surface area contributed by atoms with Gasteiger partial charge in [-0.15, -0.1) is 5.06 Å². The molecule has 0 aromatic rings. The Kier molecular flexibility index (Phi) is 1.31. The van der Waals surface area contributed by atoms with Crippen molar-refractivity contribution >= 4 is 0 Å². The molecule has 0 saturated carbocycles. The number of rotatable bonds is 0. The van der Waals surface area contributed by atoms with Gasteiger partial charge in [-0.3, -0.25) is 5.21 Å². The Hall–Kier alpha value is -1.56. The average molecular weight is 147 g/mol. The van der Waals surface area contributed by atoms with Crippen molar-refractivity contribution in [2.45, 2.75) is 0 Å². The van der Waals surface area contributed by atoms with Crippen LogP contribution in [0.25, 0.3) is 0 Å². The zero-order valence-electron chi connectivity index (χ0n) is 4.72. The number of aliphatic hydroxyl groups is 3. The number of hydroxylamine groups is 2. The van der Waals surface area contributed by atoms with Crippen LogP contribution in [0.5, 0.6) is 0 Å². The minimum atomic E-state index is -0.958. The lowest BCUT2D eigenvalue weighted by atomic mass is 10.6. The summed E-state index contributed by atoms with van der Waals surface area (Å²) in [6, 6.07) is 0.